The topological polar surface area (TPSA) is 281 Å². The summed E-state index contributed by atoms with van der Waals surface area (Å²) < 4.78 is 59.4. The number of aliphatic carboxylic acids is 1. The molecule has 0 spiro atoms. The highest BCUT2D eigenvalue weighted by atomic mass is 35.5. The smallest absolute Gasteiger partial charge is 0.418 e. The van der Waals surface area contributed by atoms with Crippen molar-refractivity contribution in [3.05, 3.63) is 40.2 Å². The van der Waals surface area contributed by atoms with Gasteiger partial charge in [0.05, 0.1) is 18.2 Å². The van der Waals surface area contributed by atoms with Crippen LogP contribution in [0, 0.1) is 5.82 Å². The summed E-state index contributed by atoms with van der Waals surface area (Å²) in [5.41, 5.74) is 15.5. The molecule has 0 aliphatic carbocycles. The van der Waals surface area contributed by atoms with E-state index in [1.165, 1.54) is 26.0 Å². The maximum Gasteiger partial charge on any atom is 0.418 e. The molecule has 0 radical (unpaired) electrons. The van der Waals surface area contributed by atoms with Crippen LogP contribution in [0.5, 0.6) is 5.75 Å². The van der Waals surface area contributed by atoms with Gasteiger partial charge in [-0.1, -0.05) is 28.1 Å². The fourth-order valence-corrected chi connectivity index (χ4v) is 5.99. The van der Waals surface area contributed by atoms with E-state index < -0.39 is 64.0 Å². The lowest BCUT2D eigenvalue weighted by Gasteiger charge is -2.50. The number of amides is 2. The molecule has 2 atom stereocenters. The zero-order chi connectivity index (χ0) is 36.4. The van der Waals surface area contributed by atoms with Gasteiger partial charge in [0.25, 0.3) is 17.9 Å². The van der Waals surface area contributed by atoms with Gasteiger partial charge in [-0.25, -0.2) is 14.2 Å². The van der Waals surface area contributed by atoms with Crippen molar-refractivity contribution >= 4 is 67.8 Å². The predicted octanol–water partition coefficient (Wildman–Crippen LogP) is -0.165. The fraction of sp³-hybridized carbons (Fsp3) is 0.385. The molecular formula is C26H32ClFN9O10S2+. The van der Waals surface area contributed by atoms with Crippen molar-refractivity contribution in [2.45, 2.75) is 44.5 Å². The van der Waals surface area contributed by atoms with E-state index in [2.05, 4.69) is 19.7 Å². The van der Waals surface area contributed by atoms with Crippen molar-refractivity contribution in [3.63, 3.8) is 0 Å². The first-order valence-corrected chi connectivity index (χ1v) is 16.6. The summed E-state index contributed by atoms with van der Waals surface area (Å²) in [6, 6.07) is 2.40. The van der Waals surface area contributed by atoms with Gasteiger partial charge in [-0.2, -0.15) is 13.5 Å². The van der Waals surface area contributed by atoms with Crippen LogP contribution in [0.4, 0.5) is 15.3 Å². The Balaban J connectivity index is 1.51. The maximum atomic E-state index is 15.2. The number of nitrogens with two attached hydrogens (primary N) is 3. The molecule has 1 fully saturated rings. The molecule has 1 aliphatic rings. The lowest BCUT2D eigenvalue weighted by molar-refractivity contribution is -0.772. The molecule has 0 saturated carbocycles. The lowest BCUT2D eigenvalue weighted by atomic mass is 9.84. The summed E-state index contributed by atoms with van der Waals surface area (Å²) >= 11 is 6.91. The van der Waals surface area contributed by atoms with Crippen molar-refractivity contribution in [1.82, 2.24) is 20.0 Å². The number of nitrogens with zero attached hydrogens (tertiary/aromatic N) is 5. The molecule has 1 aromatic carbocycles. The van der Waals surface area contributed by atoms with Crippen LogP contribution in [-0.4, -0.2) is 87.1 Å². The first kappa shape index (κ1) is 37.2. The third kappa shape index (κ3) is 8.17. The quantitative estimate of drug-likeness (QED) is 0.0387. The molecule has 2 amide bonds. The molecule has 2 aromatic heterocycles. The van der Waals surface area contributed by atoms with Crippen LogP contribution < -0.4 is 31.9 Å². The number of carboxylic acid groups (broad SMARTS) is 1. The minimum atomic E-state index is -5.07. The molecule has 1 aliphatic heterocycles. The SMILES string of the molecule is Cn1c(N)c(-c2ccc(OC[C@H](O/N=C(\C(=O)N[C@@H]3C(=O)N(OS(=O)(=O)O)C3(C)C)c3nc(N)sc3Cl)C(=O)O)cc2F)c[n+]1CCCN. The van der Waals surface area contributed by atoms with Gasteiger partial charge >= 0.3 is 16.4 Å². The highest BCUT2D eigenvalue weighted by Gasteiger charge is 2.58. The van der Waals surface area contributed by atoms with Crippen molar-refractivity contribution in [3.8, 4) is 16.9 Å². The number of hydrogen-bond acceptors (Lipinski definition) is 14. The zero-order valence-corrected chi connectivity index (χ0v) is 28.4. The molecule has 9 N–H and O–H groups in total. The van der Waals surface area contributed by atoms with E-state index in [0.29, 0.717) is 36.0 Å². The summed E-state index contributed by atoms with van der Waals surface area (Å²) in [5, 5.41) is 15.9. The minimum absolute atomic E-state index is 0.0683. The van der Waals surface area contributed by atoms with Gasteiger partial charge in [0, 0.05) is 18.1 Å². The lowest BCUT2D eigenvalue weighted by Crippen LogP contribution is -2.76. The third-order valence-corrected chi connectivity index (χ3v) is 8.64. The first-order valence-electron chi connectivity index (χ1n) is 14.0. The van der Waals surface area contributed by atoms with Crippen LogP contribution in [-0.2, 0) is 47.5 Å². The normalized spacial score (nSPS) is 16.6. The van der Waals surface area contributed by atoms with E-state index in [0.717, 1.165) is 17.4 Å². The summed E-state index contributed by atoms with van der Waals surface area (Å²) in [5.74, 6) is -4.28. The standard InChI is InChI=1S/C26H31ClFN9O10S2/c1-26(2)19(23(39)37(26)47-49(42,43)44)33-22(38)18(17-20(27)48-25(31)32-17)34-46-16(24(40)41)11-45-12-5-6-13(15(28)9-12)14-10-36(8-4-7-29)35(3)21(14)30/h5-6,9-10,16,19,30H,4,7-8,11,29H2,1-3H3,(H5,31,32,33,38,40,41,42,43,44)/p+1/b34-18-/t16-,19+/m0/s1. The number of hydrogen-bond donors (Lipinski definition) is 6. The van der Waals surface area contributed by atoms with Gasteiger partial charge in [0.1, 0.15) is 34.2 Å². The van der Waals surface area contributed by atoms with Crippen LogP contribution >= 0.6 is 22.9 Å². The Morgan fingerprint density at radius 1 is 1.31 bits per heavy atom. The van der Waals surface area contributed by atoms with Gasteiger partial charge in [-0.05, 0) is 32.5 Å². The summed E-state index contributed by atoms with van der Waals surface area (Å²) in [4.78, 5) is 46.9. The van der Waals surface area contributed by atoms with Crippen molar-refractivity contribution in [1.29, 1.82) is 0 Å². The van der Waals surface area contributed by atoms with Gasteiger partial charge in [0.15, 0.2) is 23.2 Å². The van der Waals surface area contributed by atoms with Crippen LogP contribution in [0.3, 0.4) is 0 Å². The fourth-order valence-electron chi connectivity index (χ4n) is 4.60. The molecule has 23 heteroatoms. The number of β-lactam (4-membered cyclic amide) rings is 1. The number of anilines is 2. The summed E-state index contributed by atoms with van der Waals surface area (Å²) in [7, 11) is -3.35. The number of ether oxygens (including phenoxy) is 1. The zero-order valence-electron chi connectivity index (χ0n) is 26.0. The second kappa shape index (κ2) is 14.5. The van der Waals surface area contributed by atoms with Crippen molar-refractivity contribution in [2.24, 2.45) is 17.9 Å². The molecule has 0 unspecified atom stereocenters. The number of aromatic nitrogens is 3. The average Bonchev–Trinajstić information content (AvgIpc) is 3.50. The monoisotopic (exact) mass is 748 g/mol. The Labute approximate surface area is 286 Å². The van der Waals surface area contributed by atoms with E-state index >= 15 is 4.39 Å². The summed E-state index contributed by atoms with van der Waals surface area (Å²) in [6.45, 7) is 2.92. The Kier molecular flexibility index (Phi) is 11.0. The second-order valence-electron chi connectivity index (χ2n) is 11.0. The number of hydroxylamine groups is 2. The predicted molar refractivity (Wildman–Crippen MR) is 171 cm³/mol. The summed E-state index contributed by atoms with van der Waals surface area (Å²) in [6.07, 6.45) is 0.487. The second-order valence-corrected chi connectivity index (χ2v) is 13.6. The molecule has 3 heterocycles. The number of nitrogens with one attached hydrogen (secondary N) is 1. The van der Waals surface area contributed by atoms with E-state index in [9.17, 15) is 27.9 Å². The molecule has 4 rings (SSSR count). The highest BCUT2D eigenvalue weighted by molar-refractivity contribution is 7.80. The van der Waals surface area contributed by atoms with Gasteiger partial charge in [-0.15, -0.1) is 13.6 Å². The van der Waals surface area contributed by atoms with Crippen LogP contribution in [0.25, 0.3) is 11.1 Å². The maximum absolute atomic E-state index is 15.2. The Hall–Kier alpha value is -4.61. The van der Waals surface area contributed by atoms with E-state index in [1.54, 1.807) is 22.6 Å². The number of oxime groups is 1. The van der Waals surface area contributed by atoms with Crippen LogP contribution in [0.2, 0.25) is 4.34 Å². The molecule has 3 aromatic rings. The van der Waals surface area contributed by atoms with Crippen molar-refractivity contribution < 1.29 is 55.4 Å². The largest absolute Gasteiger partial charge is 0.489 e. The number of rotatable bonds is 15. The average molecular weight is 749 g/mol. The van der Waals surface area contributed by atoms with Crippen LogP contribution in [0.15, 0.2) is 29.6 Å². The Morgan fingerprint density at radius 3 is 2.55 bits per heavy atom. The van der Waals surface area contributed by atoms with E-state index in [4.69, 9.17) is 42.9 Å². The molecule has 49 heavy (non-hydrogen) atoms. The number of nitrogen functional groups attached to an aromatic ring is 2. The number of halogens is 2. The highest BCUT2D eigenvalue weighted by Crippen LogP contribution is 2.34. The molecular weight excluding hydrogens is 717 g/mol. The number of carboxylic acids is 1. The number of carbonyl (C=O) groups is 3. The van der Waals surface area contributed by atoms with Gasteiger partial charge in [-0.3, -0.25) is 14.1 Å². The number of carbonyl (C=O) groups excluding carboxylic acids is 2. The molecule has 266 valence electrons. The van der Waals surface area contributed by atoms with Crippen LogP contribution in [0.1, 0.15) is 26.0 Å². The number of aryl methyl sites for hydroxylation is 1. The minimum Gasteiger partial charge on any atom is -0.489 e. The number of benzene rings is 1. The molecule has 19 nitrogen and oxygen atoms in total. The Morgan fingerprint density at radius 2 is 2.00 bits per heavy atom. The number of thiazole rings is 1. The first-order chi connectivity index (χ1) is 22.8. The van der Waals surface area contributed by atoms with Gasteiger partial charge in [0.2, 0.25) is 6.20 Å². The molecule has 1 saturated heterocycles. The van der Waals surface area contributed by atoms with E-state index in [-0.39, 0.29) is 26.5 Å². The molecule has 0 bridgehead atoms. The van der Waals surface area contributed by atoms with E-state index in [1.807, 2.05) is 0 Å². The van der Waals surface area contributed by atoms with Crippen molar-refractivity contribution in [2.75, 3.05) is 24.6 Å². The van der Waals surface area contributed by atoms with Gasteiger partial charge < -0.3 is 37.2 Å². The third-order valence-electron chi connectivity index (χ3n) is 7.22. The Bertz CT molecular complexity index is 1920.